The van der Waals surface area contributed by atoms with Gasteiger partial charge in [-0.25, -0.2) is 8.42 Å². The number of thiophene rings is 1. The molecule has 3 rings (SSSR count). The Kier molecular flexibility index (Phi) is 8.44. The molecule has 2 aromatic rings. The first-order valence-electron chi connectivity index (χ1n) is 11.0. The molecule has 9 heteroatoms. The Labute approximate surface area is 194 Å². The van der Waals surface area contributed by atoms with Gasteiger partial charge >= 0.3 is 0 Å². The molecule has 0 spiro atoms. The zero-order chi connectivity index (χ0) is 23.1. The molecular formula is C23H31N3O4S2. The van der Waals surface area contributed by atoms with Crippen LogP contribution in [0.3, 0.4) is 0 Å². The van der Waals surface area contributed by atoms with Gasteiger partial charge in [0.15, 0.2) is 0 Å². The Morgan fingerprint density at radius 1 is 1.03 bits per heavy atom. The highest BCUT2D eigenvalue weighted by molar-refractivity contribution is 7.91. The van der Waals surface area contributed by atoms with E-state index in [9.17, 15) is 18.0 Å². The Hall–Kier alpha value is -2.23. The predicted molar refractivity (Wildman–Crippen MR) is 126 cm³/mol. The number of piperidine rings is 1. The van der Waals surface area contributed by atoms with Crippen LogP contribution >= 0.6 is 11.3 Å². The zero-order valence-corrected chi connectivity index (χ0v) is 20.2. The topological polar surface area (TPSA) is 95.6 Å². The maximum atomic E-state index is 12.8. The Balaban J connectivity index is 1.56. The number of sulfonamides is 1. The molecule has 2 heterocycles. The molecule has 2 amide bonds. The van der Waals surface area contributed by atoms with Crippen LogP contribution in [0.2, 0.25) is 0 Å². The highest BCUT2D eigenvalue weighted by Gasteiger charge is 2.28. The zero-order valence-electron chi connectivity index (χ0n) is 18.5. The van der Waals surface area contributed by atoms with E-state index in [0.717, 1.165) is 29.7 Å². The molecule has 7 nitrogen and oxygen atoms in total. The van der Waals surface area contributed by atoms with E-state index in [1.165, 1.54) is 11.3 Å². The third-order valence-electron chi connectivity index (χ3n) is 5.46. The van der Waals surface area contributed by atoms with Gasteiger partial charge in [-0.15, -0.1) is 11.3 Å². The van der Waals surface area contributed by atoms with Crippen LogP contribution in [-0.4, -0.2) is 43.7 Å². The molecule has 1 atom stereocenters. The van der Waals surface area contributed by atoms with Crippen molar-refractivity contribution in [2.45, 2.75) is 56.3 Å². The first-order valence-corrected chi connectivity index (χ1v) is 13.2. The van der Waals surface area contributed by atoms with E-state index >= 15 is 0 Å². The van der Waals surface area contributed by atoms with E-state index in [-0.39, 0.29) is 30.7 Å². The normalized spacial score (nSPS) is 16.0. The number of carbonyl (C=O) groups excluding carboxylic acids is 2. The molecule has 0 aliphatic carbocycles. The van der Waals surface area contributed by atoms with E-state index in [1.807, 2.05) is 44.2 Å². The minimum Gasteiger partial charge on any atom is -0.349 e. The summed E-state index contributed by atoms with van der Waals surface area (Å²) in [7, 11) is -3.47. The lowest BCUT2D eigenvalue weighted by atomic mass is 10.0. The molecule has 1 aromatic heterocycles. The number of hydrogen-bond donors (Lipinski definition) is 2. The number of hydrogen-bond acceptors (Lipinski definition) is 5. The summed E-state index contributed by atoms with van der Waals surface area (Å²) in [6.45, 7) is 5.09. The second-order valence-corrected chi connectivity index (χ2v) is 11.7. The minimum absolute atomic E-state index is 0.0897. The van der Waals surface area contributed by atoms with Crippen LogP contribution in [0.4, 0.5) is 0 Å². The van der Waals surface area contributed by atoms with Crippen molar-refractivity contribution in [2.75, 3.05) is 13.1 Å². The van der Waals surface area contributed by atoms with Crippen LogP contribution in [-0.2, 0) is 32.6 Å². The second-order valence-electron chi connectivity index (χ2n) is 8.35. The Morgan fingerprint density at radius 2 is 1.72 bits per heavy atom. The first-order chi connectivity index (χ1) is 15.3. The average molecular weight is 478 g/mol. The number of nitrogens with zero attached hydrogens (tertiary/aromatic N) is 1. The van der Waals surface area contributed by atoms with Crippen molar-refractivity contribution < 1.29 is 18.0 Å². The van der Waals surface area contributed by atoms with Gasteiger partial charge in [-0.05, 0) is 36.5 Å². The summed E-state index contributed by atoms with van der Waals surface area (Å²) < 4.78 is 27.5. The molecule has 0 saturated carbocycles. The molecule has 0 unspecified atom stereocenters. The summed E-state index contributed by atoms with van der Waals surface area (Å²) in [5.41, 5.74) is 0.883. The van der Waals surface area contributed by atoms with Gasteiger partial charge in [0, 0.05) is 18.0 Å². The smallest absolute Gasteiger partial charge is 0.252 e. The van der Waals surface area contributed by atoms with Crippen molar-refractivity contribution in [3.8, 4) is 0 Å². The molecule has 1 fully saturated rings. The molecule has 174 valence electrons. The number of benzene rings is 1. The first kappa shape index (κ1) is 24.4. The lowest BCUT2D eigenvalue weighted by Crippen LogP contribution is -2.49. The summed E-state index contributed by atoms with van der Waals surface area (Å²) in [4.78, 5) is 25.9. The molecule has 0 radical (unpaired) electrons. The minimum atomic E-state index is -3.47. The average Bonchev–Trinajstić information content (AvgIpc) is 3.27. The molecule has 0 bridgehead atoms. The maximum absolute atomic E-state index is 12.8. The van der Waals surface area contributed by atoms with Gasteiger partial charge in [0.2, 0.25) is 11.8 Å². The van der Waals surface area contributed by atoms with E-state index in [1.54, 1.807) is 16.4 Å². The molecule has 1 aromatic carbocycles. The molecule has 2 N–H and O–H groups in total. The third kappa shape index (κ3) is 6.40. The Bertz CT molecular complexity index is 1010. The predicted octanol–water partition coefficient (Wildman–Crippen LogP) is 2.92. The van der Waals surface area contributed by atoms with Gasteiger partial charge in [0.05, 0.1) is 13.0 Å². The fourth-order valence-electron chi connectivity index (χ4n) is 3.65. The summed E-state index contributed by atoms with van der Waals surface area (Å²) in [6.07, 6.45) is 3.05. The number of nitrogens with one attached hydrogen (secondary N) is 2. The quantitative estimate of drug-likeness (QED) is 0.581. The summed E-state index contributed by atoms with van der Waals surface area (Å²) in [5, 5.41) is 5.67. The summed E-state index contributed by atoms with van der Waals surface area (Å²) in [5.74, 6) is -0.584. The highest BCUT2D eigenvalue weighted by atomic mass is 32.2. The van der Waals surface area contributed by atoms with Crippen LogP contribution in [0.1, 0.15) is 43.6 Å². The van der Waals surface area contributed by atoms with Crippen LogP contribution in [0, 0.1) is 5.92 Å². The van der Waals surface area contributed by atoms with Crippen LogP contribution < -0.4 is 10.6 Å². The third-order valence-corrected chi connectivity index (χ3v) is 8.91. The fraction of sp³-hybridized carbons (Fsp3) is 0.478. The second kappa shape index (κ2) is 11.1. The maximum Gasteiger partial charge on any atom is 0.252 e. The van der Waals surface area contributed by atoms with Gasteiger partial charge in [-0.1, -0.05) is 50.6 Å². The summed E-state index contributed by atoms with van der Waals surface area (Å²) in [6, 6.07) is 12.1. The Morgan fingerprint density at radius 3 is 2.38 bits per heavy atom. The molecule has 32 heavy (non-hydrogen) atoms. The largest absolute Gasteiger partial charge is 0.349 e. The molecule has 1 saturated heterocycles. The SMILES string of the molecule is CC(C)[C@H](NC(=O)Cc1ccccc1)C(=O)NCc1ccc(S(=O)(=O)N2CCCCC2)s1. The van der Waals surface area contributed by atoms with Gasteiger partial charge < -0.3 is 10.6 Å². The van der Waals surface area contributed by atoms with Crippen molar-refractivity contribution in [3.05, 3.63) is 52.9 Å². The van der Waals surface area contributed by atoms with Gasteiger partial charge in [-0.3, -0.25) is 9.59 Å². The van der Waals surface area contributed by atoms with E-state index in [2.05, 4.69) is 10.6 Å². The highest BCUT2D eigenvalue weighted by Crippen LogP contribution is 2.27. The van der Waals surface area contributed by atoms with Crippen molar-refractivity contribution >= 4 is 33.2 Å². The van der Waals surface area contributed by atoms with E-state index < -0.39 is 16.1 Å². The van der Waals surface area contributed by atoms with Crippen molar-refractivity contribution in [2.24, 2.45) is 5.92 Å². The lowest BCUT2D eigenvalue weighted by molar-refractivity contribution is -0.129. The fourth-order valence-corrected chi connectivity index (χ4v) is 6.62. The van der Waals surface area contributed by atoms with E-state index in [0.29, 0.717) is 17.3 Å². The monoisotopic (exact) mass is 477 g/mol. The number of carbonyl (C=O) groups is 2. The molecule has 1 aliphatic heterocycles. The number of amides is 2. The van der Waals surface area contributed by atoms with E-state index in [4.69, 9.17) is 0 Å². The number of rotatable bonds is 9. The molecule has 1 aliphatic rings. The van der Waals surface area contributed by atoms with Crippen LogP contribution in [0.5, 0.6) is 0 Å². The van der Waals surface area contributed by atoms with Gasteiger partial charge in [0.1, 0.15) is 10.3 Å². The van der Waals surface area contributed by atoms with Crippen molar-refractivity contribution in [1.82, 2.24) is 14.9 Å². The van der Waals surface area contributed by atoms with Crippen LogP contribution in [0.15, 0.2) is 46.7 Å². The van der Waals surface area contributed by atoms with Crippen molar-refractivity contribution in [1.29, 1.82) is 0 Å². The van der Waals surface area contributed by atoms with Gasteiger partial charge in [-0.2, -0.15) is 4.31 Å². The summed E-state index contributed by atoms with van der Waals surface area (Å²) >= 11 is 1.18. The van der Waals surface area contributed by atoms with Crippen molar-refractivity contribution in [3.63, 3.8) is 0 Å². The van der Waals surface area contributed by atoms with Gasteiger partial charge in [0.25, 0.3) is 10.0 Å². The standard InChI is InChI=1S/C23H31N3O4S2/c1-17(2)22(25-20(27)15-18-9-5-3-6-10-18)23(28)24-16-19-11-12-21(31-19)32(29,30)26-13-7-4-8-14-26/h3,5-6,9-12,17,22H,4,7-8,13-16H2,1-2H3,(H,24,28)(H,25,27)/t22-/m0/s1. The lowest BCUT2D eigenvalue weighted by Gasteiger charge is -2.25. The molecular weight excluding hydrogens is 446 g/mol. The van der Waals surface area contributed by atoms with Crippen LogP contribution in [0.25, 0.3) is 0 Å².